The summed E-state index contributed by atoms with van der Waals surface area (Å²) in [7, 11) is 1.86. The number of pyridine rings is 1. The monoisotopic (exact) mass is 226 g/mol. The van der Waals surface area contributed by atoms with Crippen LogP contribution >= 0.6 is 0 Å². The van der Waals surface area contributed by atoms with Crippen LogP contribution in [0, 0.1) is 0 Å². The quantitative estimate of drug-likeness (QED) is 0.669. The van der Waals surface area contributed by atoms with Crippen LogP contribution in [-0.2, 0) is 7.05 Å². The van der Waals surface area contributed by atoms with Crippen LogP contribution in [0.2, 0.25) is 0 Å². The van der Waals surface area contributed by atoms with E-state index in [9.17, 15) is 0 Å². The van der Waals surface area contributed by atoms with Gasteiger partial charge in [0, 0.05) is 18.8 Å². The molecular formula is C11H10N6. The fourth-order valence-electron chi connectivity index (χ4n) is 1.60. The molecule has 0 aliphatic carbocycles. The van der Waals surface area contributed by atoms with Crippen LogP contribution in [0.3, 0.4) is 0 Å². The summed E-state index contributed by atoms with van der Waals surface area (Å²) in [5.74, 6) is 0.440. The normalized spacial score (nSPS) is 10.9. The van der Waals surface area contributed by atoms with Crippen molar-refractivity contribution in [3.8, 4) is 11.3 Å². The van der Waals surface area contributed by atoms with Gasteiger partial charge in [0.05, 0.1) is 18.1 Å². The molecule has 0 fully saturated rings. The highest BCUT2D eigenvalue weighted by atomic mass is 15.2. The number of hydrogen-bond donors (Lipinski definition) is 1. The lowest BCUT2D eigenvalue weighted by Gasteiger charge is -1.99. The molecule has 3 aromatic heterocycles. The van der Waals surface area contributed by atoms with E-state index in [1.807, 2.05) is 13.2 Å². The van der Waals surface area contributed by atoms with Gasteiger partial charge in [0.2, 0.25) is 0 Å². The predicted molar refractivity (Wildman–Crippen MR) is 63.9 cm³/mol. The molecule has 0 spiro atoms. The van der Waals surface area contributed by atoms with E-state index in [1.165, 1.54) is 0 Å². The van der Waals surface area contributed by atoms with Crippen LogP contribution in [-0.4, -0.2) is 24.7 Å². The zero-order valence-electron chi connectivity index (χ0n) is 9.20. The highest BCUT2D eigenvalue weighted by Gasteiger charge is 2.05. The Morgan fingerprint density at radius 3 is 2.82 bits per heavy atom. The van der Waals surface area contributed by atoms with E-state index >= 15 is 0 Å². The molecule has 3 heterocycles. The molecule has 3 aromatic rings. The van der Waals surface area contributed by atoms with E-state index in [4.69, 9.17) is 5.73 Å². The van der Waals surface area contributed by atoms with Gasteiger partial charge >= 0.3 is 0 Å². The number of rotatable bonds is 1. The van der Waals surface area contributed by atoms with Crippen molar-refractivity contribution in [1.82, 2.24) is 24.7 Å². The Bertz CT molecular complexity index is 687. The average molecular weight is 226 g/mol. The van der Waals surface area contributed by atoms with Crippen molar-refractivity contribution < 1.29 is 0 Å². The van der Waals surface area contributed by atoms with Gasteiger partial charge in [-0.15, -0.1) is 0 Å². The molecule has 0 amide bonds. The first-order valence-corrected chi connectivity index (χ1v) is 5.11. The molecule has 0 bridgehead atoms. The van der Waals surface area contributed by atoms with Crippen LogP contribution in [0.5, 0.6) is 0 Å². The van der Waals surface area contributed by atoms with E-state index < -0.39 is 0 Å². The highest BCUT2D eigenvalue weighted by molar-refractivity contribution is 5.74. The van der Waals surface area contributed by atoms with Gasteiger partial charge in [-0.2, -0.15) is 5.10 Å². The number of aromatic nitrogens is 5. The summed E-state index contributed by atoms with van der Waals surface area (Å²) in [6, 6.07) is 3.51. The summed E-state index contributed by atoms with van der Waals surface area (Å²) >= 11 is 0. The Kier molecular flexibility index (Phi) is 2.01. The minimum atomic E-state index is 0.440. The second-order valence-electron chi connectivity index (χ2n) is 3.74. The minimum absolute atomic E-state index is 0.440. The van der Waals surface area contributed by atoms with Crippen molar-refractivity contribution in [3.63, 3.8) is 0 Å². The Balaban J connectivity index is 2.18. The molecule has 0 saturated carbocycles. The number of fused-ring (bicyclic) bond motifs is 1. The molecule has 0 aliphatic heterocycles. The third kappa shape index (κ3) is 1.69. The van der Waals surface area contributed by atoms with Crippen LogP contribution in [0.1, 0.15) is 0 Å². The van der Waals surface area contributed by atoms with E-state index in [1.54, 1.807) is 29.2 Å². The number of hydrogen-bond acceptors (Lipinski definition) is 5. The second-order valence-corrected chi connectivity index (χ2v) is 3.74. The van der Waals surface area contributed by atoms with Gasteiger partial charge in [-0.25, -0.2) is 9.97 Å². The summed E-state index contributed by atoms with van der Waals surface area (Å²) < 4.78 is 1.72. The first kappa shape index (κ1) is 9.71. The Morgan fingerprint density at radius 2 is 2.06 bits per heavy atom. The summed E-state index contributed by atoms with van der Waals surface area (Å²) in [5, 5.41) is 4.09. The molecule has 2 N–H and O–H groups in total. The summed E-state index contributed by atoms with van der Waals surface area (Å²) in [4.78, 5) is 12.8. The number of nitrogen functional groups attached to an aromatic ring is 1. The maximum absolute atomic E-state index is 5.62. The van der Waals surface area contributed by atoms with Gasteiger partial charge in [-0.05, 0) is 12.1 Å². The van der Waals surface area contributed by atoms with Crippen LogP contribution in [0.25, 0.3) is 22.4 Å². The molecule has 0 aromatic carbocycles. The zero-order chi connectivity index (χ0) is 11.8. The van der Waals surface area contributed by atoms with Crippen molar-refractivity contribution in [1.29, 1.82) is 0 Å². The number of nitrogens with two attached hydrogens (primary N) is 1. The van der Waals surface area contributed by atoms with Crippen molar-refractivity contribution in [3.05, 3.63) is 30.7 Å². The molecule has 84 valence electrons. The zero-order valence-corrected chi connectivity index (χ0v) is 9.20. The first-order chi connectivity index (χ1) is 8.22. The topological polar surface area (TPSA) is 82.5 Å². The number of anilines is 1. The van der Waals surface area contributed by atoms with E-state index in [0.29, 0.717) is 11.5 Å². The van der Waals surface area contributed by atoms with Gasteiger partial charge in [0.25, 0.3) is 0 Å². The predicted octanol–water partition coefficient (Wildman–Crippen LogP) is 1.01. The number of nitrogens with zero attached hydrogens (tertiary/aromatic N) is 5. The van der Waals surface area contributed by atoms with Crippen molar-refractivity contribution in [2.45, 2.75) is 0 Å². The summed E-state index contributed by atoms with van der Waals surface area (Å²) in [6.07, 6.45) is 5.32. The lowest BCUT2D eigenvalue weighted by molar-refractivity contribution is 0.768. The van der Waals surface area contributed by atoms with Crippen LogP contribution < -0.4 is 5.73 Å². The third-order valence-electron chi connectivity index (χ3n) is 2.43. The fourth-order valence-corrected chi connectivity index (χ4v) is 1.60. The Labute approximate surface area is 97.1 Å². The van der Waals surface area contributed by atoms with Crippen molar-refractivity contribution in [2.75, 3.05) is 5.73 Å². The van der Waals surface area contributed by atoms with Gasteiger partial charge in [-0.3, -0.25) is 9.67 Å². The number of aryl methyl sites for hydroxylation is 1. The largest absolute Gasteiger partial charge is 0.384 e. The van der Waals surface area contributed by atoms with Gasteiger partial charge in [0.15, 0.2) is 5.65 Å². The molecule has 0 radical (unpaired) electrons. The minimum Gasteiger partial charge on any atom is -0.384 e. The van der Waals surface area contributed by atoms with Gasteiger partial charge in [-0.1, -0.05) is 0 Å². The van der Waals surface area contributed by atoms with Gasteiger partial charge in [0.1, 0.15) is 11.3 Å². The lowest BCUT2D eigenvalue weighted by Crippen LogP contribution is -1.94. The van der Waals surface area contributed by atoms with E-state index in [-0.39, 0.29) is 0 Å². The Morgan fingerprint density at radius 1 is 1.18 bits per heavy atom. The van der Waals surface area contributed by atoms with Crippen LogP contribution in [0.15, 0.2) is 30.7 Å². The molecular weight excluding hydrogens is 216 g/mol. The summed E-state index contributed by atoms with van der Waals surface area (Å²) in [5.41, 5.74) is 8.55. The van der Waals surface area contributed by atoms with Crippen molar-refractivity contribution >= 4 is 17.0 Å². The highest BCUT2D eigenvalue weighted by Crippen LogP contribution is 2.17. The second kappa shape index (κ2) is 3.51. The van der Waals surface area contributed by atoms with E-state index in [0.717, 1.165) is 16.8 Å². The third-order valence-corrected chi connectivity index (χ3v) is 2.43. The molecule has 3 rings (SSSR count). The fraction of sp³-hybridized carbons (Fsp3) is 0.0909. The molecule has 6 heteroatoms. The average Bonchev–Trinajstić information content (AvgIpc) is 2.75. The smallest absolute Gasteiger partial charge is 0.180 e. The molecule has 0 saturated heterocycles. The molecule has 6 nitrogen and oxygen atoms in total. The molecule has 0 unspecified atom stereocenters. The lowest BCUT2D eigenvalue weighted by atomic mass is 10.2. The standard InChI is InChI=1S/C11H10N6/c1-17-6-7(4-14-17)9-5-13-8-2-3-10(12)16-11(8)15-9/h2-6H,1H3,(H2,12,15,16). The molecule has 0 atom stereocenters. The van der Waals surface area contributed by atoms with Crippen LogP contribution in [0.4, 0.5) is 5.82 Å². The molecule has 0 aliphatic rings. The SMILES string of the molecule is Cn1cc(-c2cnc3ccc(N)nc3n2)cn1. The van der Waals surface area contributed by atoms with Crippen molar-refractivity contribution in [2.24, 2.45) is 7.05 Å². The maximum Gasteiger partial charge on any atom is 0.180 e. The Hall–Kier alpha value is -2.50. The molecule has 17 heavy (non-hydrogen) atoms. The van der Waals surface area contributed by atoms with E-state index in [2.05, 4.69) is 20.1 Å². The summed E-state index contributed by atoms with van der Waals surface area (Å²) in [6.45, 7) is 0. The van der Waals surface area contributed by atoms with Gasteiger partial charge < -0.3 is 5.73 Å². The maximum atomic E-state index is 5.62. The first-order valence-electron chi connectivity index (χ1n) is 5.11.